The van der Waals surface area contributed by atoms with Gasteiger partial charge in [-0.05, 0) is 114 Å². The van der Waals surface area contributed by atoms with Crippen molar-refractivity contribution in [3.8, 4) is 0 Å². The standard InChI is InChI=1S/2C27H44O5.Ba/c2*1-3-4-8-17-25(31-22-24-15-9-5-10-16-24)18-11-6-12-19-26(32-23(2)28)20-13-7-14-21-27(29)30;/h2*5,9-10,15-16,25-26H,3-4,6-8,11-14,17-22H2,1-2H3,(H,29,30);/q;;+2/p-2. The molecule has 0 bridgehead atoms. The molecule has 0 aliphatic rings. The van der Waals surface area contributed by atoms with Crippen molar-refractivity contribution in [1.82, 2.24) is 0 Å². The Bertz CT molecular complexity index is 1320. The minimum Gasteiger partial charge on any atom is -0.550 e. The molecular weight excluding hydrogens is 946 g/mol. The summed E-state index contributed by atoms with van der Waals surface area (Å²) < 4.78 is 23.4. The fourth-order valence-corrected chi connectivity index (χ4v) is 7.91. The summed E-state index contributed by atoms with van der Waals surface area (Å²) in [6.07, 6.45) is 26.8. The average molecular weight is 1030 g/mol. The van der Waals surface area contributed by atoms with Gasteiger partial charge in [-0.25, -0.2) is 0 Å². The molecule has 0 spiro atoms. The first-order valence-corrected chi connectivity index (χ1v) is 25.1. The van der Waals surface area contributed by atoms with E-state index in [1.807, 2.05) is 36.4 Å². The summed E-state index contributed by atoms with van der Waals surface area (Å²) in [5.74, 6) is -2.48. The number of rotatable bonds is 40. The number of hydrogen-bond donors (Lipinski definition) is 0. The van der Waals surface area contributed by atoms with Crippen LogP contribution in [0.25, 0.3) is 0 Å². The second kappa shape index (κ2) is 44.3. The summed E-state index contributed by atoms with van der Waals surface area (Å²) in [5, 5.41) is 21.0. The number of carbonyl (C=O) groups is 4. The fourth-order valence-electron chi connectivity index (χ4n) is 7.91. The minimum atomic E-state index is -0.998. The van der Waals surface area contributed by atoms with Gasteiger partial charge in [-0.1, -0.05) is 152 Å². The van der Waals surface area contributed by atoms with Gasteiger partial charge in [0.25, 0.3) is 0 Å². The van der Waals surface area contributed by atoms with E-state index in [4.69, 9.17) is 18.9 Å². The summed E-state index contributed by atoms with van der Waals surface area (Å²) in [7, 11) is 0. The maximum atomic E-state index is 11.4. The van der Waals surface area contributed by atoms with E-state index in [1.165, 1.54) is 63.5 Å². The van der Waals surface area contributed by atoms with E-state index in [0.29, 0.717) is 38.3 Å². The molecule has 0 saturated carbocycles. The molecule has 10 nitrogen and oxygen atoms in total. The Morgan fingerprint density at radius 3 is 0.969 bits per heavy atom. The Kier molecular flexibility index (Phi) is 42.8. The zero-order valence-electron chi connectivity index (χ0n) is 41.1. The van der Waals surface area contributed by atoms with Gasteiger partial charge in [-0.15, -0.1) is 0 Å². The van der Waals surface area contributed by atoms with Crippen molar-refractivity contribution in [3.63, 3.8) is 0 Å². The van der Waals surface area contributed by atoms with E-state index in [1.54, 1.807) is 0 Å². The van der Waals surface area contributed by atoms with Crippen molar-refractivity contribution >= 4 is 72.8 Å². The molecule has 2 aromatic rings. The number of aliphatic carboxylic acids is 2. The van der Waals surface area contributed by atoms with Crippen LogP contribution in [0.4, 0.5) is 0 Å². The Balaban J connectivity index is 0.00000124. The molecule has 0 amide bonds. The molecule has 0 saturated heterocycles. The van der Waals surface area contributed by atoms with Crippen LogP contribution in [0.5, 0.6) is 0 Å². The van der Waals surface area contributed by atoms with Gasteiger partial charge in [-0.2, -0.15) is 0 Å². The van der Waals surface area contributed by atoms with Gasteiger partial charge in [0.15, 0.2) is 0 Å². The van der Waals surface area contributed by atoms with Crippen molar-refractivity contribution < 1.29 is 48.3 Å². The first kappa shape index (κ1) is 62.8. The SMILES string of the molecule is CCCCCC(CCCCCC(CCCCCC(=O)[O-])OC(C)=O)OCc1ccccc1.CCCCCC(CCCCCC(CCCCCC(=O)[O-])OC(C)=O)OCc1ccccc1.[Ba+2]. The molecule has 0 radical (unpaired) electrons. The number of carboxylic acid groups (broad SMARTS) is 2. The van der Waals surface area contributed by atoms with Crippen molar-refractivity contribution in [2.45, 2.75) is 245 Å². The molecule has 0 fully saturated rings. The second-order valence-corrected chi connectivity index (χ2v) is 17.5. The first-order valence-electron chi connectivity index (χ1n) is 25.1. The number of benzene rings is 2. The van der Waals surface area contributed by atoms with Crippen molar-refractivity contribution in [2.24, 2.45) is 0 Å². The van der Waals surface area contributed by atoms with E-state index < -0.39 is 11.9 Å². The minimum absolute atomic E-state index is 0. The van der Waals surface area contributed by atoms with Crippen LogP contribution in [-0.2, 0) is 51.3 Å². The quantitative estimate of drug-likeness (QED) is 0.0358. The van der Waals surface area contributed by atoms with Gasteiger partial charge in [0.1, 0.15) is 12.2 Å². The number of hydrogen-bond acceptors (Lipinski definition) is 10. The number of carbonyl (C=O) groups excluding carboxylic acids is 4. The third kappa shape index (κ3) is 40.6. The van der Waals surface area contributed by atoms with Crippen LogP contribution in [0.3, 0.4) is 0 Å². The zero-order valence-corrected chi connectivity index (χ0v) is 45.5. The monoisotopic (exact) mass is 1030 g/mol. The third-order valence-electron chi connectivity index (χ3n) is 11.5. The Morgan fingerprint density at radius 1 is 0.415 bits per heavy atom. The Labute approximate surface area is 434 Å². The van der Waals surface area contributed by atoms with Gasteiger partial charge in [0.2, 0.25) is 0 Å². The van der Waals surface area contributed by atoms with Crippen molar-refractivity contribution in [2.75, 3.05) is 0 Å². The van der Waals surface area contributed by atoms with Crippen molar-refractivity contribution in [3.05, 3.63) is 71.8 Å². The van der Waals surface area contributed by atoms with Crippen LogP contribution in [-0.4, -0.2) is 97.2 Å². The van der Waals surface area contributed by atoms with Crippen LogP contribution >= 0.6 is 0 Å². The molecule has 0 aromatic heterocycles. The van der Waals surface area contributed by atoms with E-state index in [2.05, 4.69) is 38.1 Å². The Morgan fingerprint density at radius 2 is 0.692 bits per heavy atom. The maximum Gasteiger partial charge on any atom is 2.00 e. The average Bonchev–Trinajstić information content (AvgIpc) is 3.26. The Hall–Kier alpha value is -2.19. The second-order valence-electron chi connectivity index (χ2n) is 17.5. The van der Waals surface area contributed by atoms with Gasteiger partial charge in [-0.3, -0.25) is 9.59 Å². The summed E-state index contributed by atoms with van der Waals surface area (Å²) >= 11 is 0. The molecule has 65 heavy (non-hydrogen) atoms. The molecule has 0 N–H and O–H groups in total. The fraction of sp³-hybridized carbons (Fsp3) is 0.704. The van der Waals surface area contributed by atoms with Gasteiger partial charge in [0.05, 0.1) is 25.4 Å². The summed E-state index contributed by atoms with van der Waals surface area (Å²) in [4.78, 5) is 43.8. The van der Waals surface area contributed by atoms with Gasteiger partial charge in [0, 0.05) is 25.8 Å². The van der Waals surface area contributed by atoms with E-state index >= 15 is 0 Å². The molecule has 4 atom stereocenters. The number of ether oxygens (including phenoxy) is 4. The van der Waals surface area contributed by atoms with Crippen LogP contribution in [0.15, 0.2) is 60.7 Å². The molecular formula is C54H86BaO10. The predicted molar refractivity (Wildman–Crippen MR) is 258 cm³/mol. The first-order chi connectivity index (χ1) is 31.0. The van der Waals surface area contributed by atoms with Crippen LogP contribution in [0, 0.1) is 0 Å². The number of esters is 2. The molecule has 11 heteroatoms. The summed E-state index contributed by atoms with van der Waals surface area (Å²) in [6, 6.07) is 20.7. The molecule has 4 unspecified atom stereocenters. The third-order valence-corrected chi connectivity index (χ3v) is 11.5. The molecule has 0 heterocycles. The predicted octanol–water partition coefficient (Wildman–Crippen LogP) is 11.1. The van der Waals surface area contributed by atoms with Crippen LogP contribution < -0.4 is 10.2 Å². The summed E-state index contributed by atoms with van der Waals surface area (Å²) in [6.45, 7) is 8.70. The maximum absolute atomic E-state index is 11.4. The normalized spacial score (nSPS) is 12.7. The van der Waals surface area contributed by atoms with E-state index in [-0.39, 0.29) is 85.9 Å². The zero-order chi connectivity index (χ0) is 46.9. The topological polar surface area (TPSA) is 151 Å². The number of carboxylic acids is 2. The van der Waals surface area contributed by atoms with E-state index in [0.717, 1.165) is 116 Å². The molecule has 2 rings (SSSR count). The summed E-state index contributed by atoms with van der Waals surface area (Å²) in [5.41, 5.74) is 2.44. The number of unbranched alkanes of at least 4 members (excludes halogenated alkanes) is 12. The molecule has 2 aromatic carbocycles. The van der Waals surface area contributed by atoms with Crippen LogP contribution in [0.1, 0.15) is 219 Å². The van der Waals surface area contributed by atoms with Gasteiger partial charge < -0.3 is 38.7 Å². The van der Waals surface area contributed by atoms with Crippen LogP contribution in [0.2, 0.25) is 0 Å². The van der Waals surface area contributed by atoms with Crippen molar-refractivity contribution in [1.29, 1.82) is 0 Å². The molecule has 0 aliphatic carbocycles. The molecule has 0 aliphatic heterocycles. The smallest absolute Gasteiger partial charge is 0.550 e. The largest absolute Gasteiger partial charge is 2.00 e. The van der Waals surface area contributed by atoms with Gasteiger partial charge >= 0.3 is 60.8 Å². The van der Waals surface area contributed by atoms with E-state index in [9.17, 15) is 29.4 Å². The molecule has 364 valence electrons.